The van der Waals surface area contributed by atoms with Crippen LogP contribution in [0, 0.1) is 0 Å². The number of hydrogen-bond acceptors (Lipinski definition) is 4. The summed E-state index contributed by atoms with van der Waals surface area (Å²) >= 11 is 3.50. The first-order chi connectivity index (χ1) is 9.29. The second-order valence-corrected chi connectivity index (χ2v) is 6.29. The van der Waals surface area contributed by atoms with Crippen LogP contribution in [0.25, 0.3) is 0 Å². The van der Waals surface area contributed by atoms with E-state index in [1.807, 2.05) is 19.1 Å². The SMILES string of the molecule is CC(NC(=O)C(C)(C)N)c1cc2c(cc1Br)OCCO2. The molecule has 1 unspecified atom stereocenters. The van der Waals surface area contributed by atoms with Crippen molar-refractivity contribution >= 4 is 21.8 Å². The van der Waals surface area contributed by atoms with Crippen LogP contribution in [-0.4, -0.2) is 24.7 Å². The molecule has 3 N–H and O–H groups in total. The Hall–Kier alpha value is -1.27. The lowest BCUT2D eigenvalue weighted by Gasteiger charge is -2.25. The predicted molar refractivity (Wildman–Crippen MR) is 80.0 cm³/mol. The number of carbonyl (C=O) groups is 1. The van der Waals surface area contributed by atoms with Crippen molar-refractivity contribution < 1.29 is 14.3 Å². The van der Waals surface area contributed by atoms with Gasteiger partial charge in [-0.05, 0) is 38.5 Å². The smallest absolute Gasteiger partial charge is 0.239 e. The Kier molecular flexibility index (Phi) is 4.25. The first kappa shape index (κ1) is 15.1. The molecule has 1 aromatic rings. The zero-order valence-electron chi connectivity index (χ0n) is 11.8. The van der Waals surface area contributed by atoms with Gasteiger partial charge in [0.05, 0.1) is 11.6 Å². The van der Waals surface area contributed by atoms with Crippen molar-refractivity contribution in [1.29, 1.82) is 0 Å². The standard InChI is InChI=1S/C14H19BrN2O3/c1-8(17-13(18)14(2,3)16)9-6-11-12(7-10(9)15)20-5-4-19-11/h6-8H,4-5,16H2,1-3H3,(H,17,18). The Balaban J connectivity index is 2.22. The molecule has 0 aliphatic carbocycles. The number of hydrogen-bond donors (Lipinski definition) is 2. The summed E-state index contributed by atoms with van der Waals surface area (Å²) in [6.07, 6.45) is 0. The summed E-state index contributed by atoms with van der Waals surface area (Å²) in [6, 6.07) is 3.56. The minimum Gasteiger partial charge on any atom is -0.486 e. The molecule has 110 valence electrons. The van der Waals surface area contributed by atoms with Crippen molar-refractivity contribution in [3.8, 4) is 11.5 Å². The molecule has 0 fully saturated rings. The molecule has 5 nitrogen and oxygen atoms in total. The van der Waals surface area contributed by atoms with Gasteiger partial charge in [-0.3, -0.25) is 4.79 Å². The van der Waals surface area contributed by atoms with E-state index < -0.39 is 5.54 Å². The second-order valence-electron chi connectivity index (χ2n) is 5.43. The van der Waals surface area contributed by atoms with E-state index in [2.05, 4.69) is 21.2 Å². The van der Waals surface area contributed by atoms with E-state index in [0.29, 0.717) is 24.7 Å². The number of nitrogens with one attached hydrogen (secondary N) is 1. The summed E-state index contributed by atoms with van der Waals surface area (Å²) in [5.41, 5.74) is 5.80. The third-order valence-electron chi connectivity index (χ3n) is 3.06. The zero-order chi connectivity index (χ0) is 14.9. The maximum Gasteiger partial charge on any atom is 0.239 e. The molecule has 0 radical (unpaired) electrons. The molecular formula is C14H19BrN2O3. The molecule has 20 heavy (non-hydrogen) atoms. The van der Waals surface area contributed by atoms with E-state index in [4.69, 9.17) is 15.2 Å². The largest absolute Gasteiger partial charge is 0.486 e. The number of benzene rings is 1. The second kappa shape index (κ2) is 5.61. The average molecular weight is 343 g/mol. The van der Waals surface area contributed by atoms with Crippen molar-refractivity contribution in [3.05, 3.63) is 22.2 Å². The van der Waals surface area contributed by atoms with Crippen LogP contribution in [0.1, 0.15) is 32.4 Å². The van der Waals surface area contributed by atoms with Gasteiger partial charge in [-0.15, -0.1) is 0 Å². The van der Waals surface area contributed by atoms with Gasteiger partial charge in [0.2, 0.25) is 5.91 Å². The summed E-state index contributed by atoms with van der Waals surface area (Å²) in [5, 5.41) is 2.89. The van der Waals surface area contributed by atoms with Gasteiger partial charge in [0.25, 0.3) is 0 Å². The van der Waals surface area contributed by atoms with E-state index in [9.17, 15) is 4.79 Å². The van der Waals surface area contributed by atoms with Crippen LogP contribution in [0.5, 0.6) is 11.5 Å². The Morgan fingerprint density at radius 3 is 2.45 bits per heavy atom. The average Bonchev–Trinajstić information content (AvgIpc) is 2.36. The van der Waals surface area contributed by atoms with Crippen LogP contribution in [0.15, 0.2) is 16.6 Å². The van der Waals surface area contributed by atoms with Crippen LogP contribution in [-0.2, 0) is 4.79 Å². The highest BCUT2D eigenvalue weighted by Crippen LogP contribution is 2.37. The van der Waals surface area contributed by atoms with Gasteiger partial charge in [0.1, 0.15) is 13.2 Å². The molecule has 0 spiro atoms. The van der Waals surface area contributed by atoms with Gasteiger partial charge < -0.3 is 20.5 Å². The summed E-state index contributed by atoms with van der Waals surface area (Å²) in [5.74, 6) is 1.21. The van der Waals surface area contributed by atoms with Crippen LogP contribution in [0.4, 0.5) is 0 Å². The van der Waals surface area contributed by atoms with Gasteiger partial charge in [-0.1, -0.05) is 15.9 Å². The quantitative estimate of drug-likeness (QED) is 0.882. The fourth-order valence-electron chi connectivity index (χ4n) is 1.87. The van der Waals surface area contributed by atoms with Crippen molar-refractivity contribution in [2.45, 2.75) is 32.4 Å². The summed E-state index contributed by atoms with van der Waals surface area (Å²) in [6.45, 7) is 6.33. The van der Waals surface area contributed by atoms with E-state index in [0.717, 1.165) is 10.0 Å². The van der Waals surface area contributed by atoms with Crippen molar-refractivity contribution in [2.75, 3.05) is 13.2 Å². The van der Waals surface area contributed by atoms with Crippen LogP contribution >= 0.6 is 15.9 Å². The maximum absolute atomic E-state index is 11.9. The highest BCUT2D eigenvalue weighted by atomic mass is 79.9. The molecule has 0 aromatic heterocycles. The molecule has 0 bridgehead atoms. The number of ether oxygens (including phenoxy) is 2. The third-order valence-corrected chi connectivity index (χ3v) is 3.75. The van der Waals surface area contributed by atoms with Gasteiger partial charge in [-0.25, -0.2) is 0 Å². The van der Waals surface area contributed by atoms with Crippen molar-refractivity contribution in [1.82, 2.24) is 5.32 Å². The van der Waals surface area contributed by atoms with E-state index in [1.54, 1.807) is 13.8 Å². The van der Waals surface area contributed by atoms with E-state index in [-0.39, 0.29) is 11.9 Å². The predicted octanol–water partition coefficient (Wildman–Crippen LogP) is 2.13. The van der Waals surface area contributed by atoms with Crippen molar-refractivity contribution in [2.24, 2.45) is 5.73 Å². The zero-order valence-corrected chi connectivity index (χ0v) is 13.4. The molecule has 1 aliphatic heterocycles. The monoisotopic (exact) mass is 342 g/mol. The number of amides is 1. The summed E-state index contributed by atoms with van der Waals surface area (Å²) < 4.78 is 11.9. The minimum atomic E-state index is -0.908. The number of rotatable bonds is 3. The maximum atomic E-state index is 11.9. The lowest BCUT2D eigenvalue weighted by atomic mass is 10.0. The molecule has 0 saturated carbocycles. The number of carbonyl (C=O) groups excluding carboxylic acids is 1. The van der Waals surface area contributed by atoms with E-state index in [1.165, 1.54) is 0 Å². The normalized spacial score (nSPS) is 15.7. The van der Waals surface area contributed by atoms with Gasteiger partial charge in [0.15, 0.2) is 11.5 Å². The first-order valence-electron chi connectivity index (χ1n) is 6.48. The van der Waals surface area contributed by atoms with Gasteiger partial charge in [-0.2, -0.15) is 0 Å². The minimum absolute atomic E-state index is 0.185. The van der Waals surface area contributed by atoms with E-state index >= 15 is 0 Å². The number of fused-ring (bicyclic) bond motifs is 1. The molecule has 0 saturated heterocycles. The summed E-state index contributed by atoms with van der Waals surface area (Å²) in [4.78, 5) is 11.9. The van der Waals surface area contributed by atoms with Gasteiger partial charge in [0, 0.05) is 4.47 Å². The molecule has 6 heteroatoms. The van der Waals surface area contributed by atoms with Crippen LogP contribution in [0.2, 0.25) is 0 Å². The first-order valence-corrected chi connectivity index (χ1v) is 7.27. The lowest BCUT2D eigenvalue weighted by molar-refractivity contribution is -0.125. The topological polar surface area (TPSA) is 73.6 Å². The molecule has 1 amide bonds. The van der Waals surface area contributed by atoms with Crippen molar-refractivity contribution in [3.63, 3.8) is 0 Å². The molecule has 1 heterocycles. The molecule has 2 rings (SSSR count). The molecule has 1 aliphatic rings. The fraction of sp³-hybridized carbons (Fsp3) is 0.500. The lowest BCUT2D eigenvalue weighted by Crippen LogP contribution is -2.49. The Morgan fingerprint density at radius 1 is 1.35 bits per heavy atom. The third kappa shape index (κ3) is 3.24. The molecule has 1 aromatic carbocycles. The summed E-state index contributed by atoms with van der Waals surface area (Å²) in [7, 11) is 0. The van der Waals surface area contributed by atoms with Crippen LogP contribution < -0.4 is 20.5 Å². The Morgan fingerprint density at radius 2 is 1.90 bits per heavy atom. The Labute approximate surface area is 126 Å². The number of halogens is 1. The Bertz CT molecular complexity index is 526. The van der Waals surface area contributed by atoms with Gasteiger partial charge >= 0.3 is 0 Å². The molecule has 1 atom stereocenters. The van der Waals surface area contributed by atoms with Crippen LogP contribution in [0.3, 0.4) is 0 Å². The fourth-order valence-corrected chi connectivity index (χ4v) is 2.54. The highest BCUT2D eigenvalue weighted by molar-refractivity contribution is 9.10. The highest BCUT2D eigenvalue weighted by Gasteiger charge is 2.25. The number of nitrogens with two attached hydrogens (primary N) is 1. The molecular weight excluding hydrogens is 324 g/mol.